The van der Waals surface area contributed by atoms with Crippen LogP contribution in [0.1, 0.15) is 51.5 Å². The van der Waals surface area contributed by atoms with E-state index >= 15 is 0 Å². The number of anilines is 1. The van der Waals surface area contributed by atoms with Crippen molar-refractivity contribution in [3.05, 3.63) is 78.6 Å². The molecule has 2 amide bonds. The largest absolute Gasteiger partial charge is 0.460 e. The molecule has 1 saturated heterocycles. The normalized spacial score (nSPS) is 16.3. The van der Waals surface area contributed by atoms with Crippen LogP contribution in [0.3, 0.4) is 0 Å². The number of fused-ring (bicyclic) bond motifs is 1. The fourth-order valence-corrected chi connectivity index (χ4v) is 5.86. The quantitative estimate of drug-likeness (QED) is 0.310. The summed E-state index contributed by atoms with van der Waals surface area (Å²) in [5.74, 6) is -1.26. The molecule has 8 nitrogen and oxygen atoms in total. The third-order valence-electron chi connectivity index (χ3n) is 6.59. The molecule has 3 heterocycles. The number of nitrogens with one attached hydrogen (secondary N) is 1. The van der Waals surface area contributed by atoms with Crippen molar-refractivity contribution in [3.63, 3.8) is 0 Å². The van der Waals surface area contributed by atoms with Gasteiger partial charge in [0.2, 0.25) is 11.8 Å². The number of imidazole rings is 1. The Bertz CT molecular complexity index is 1440. The SMILES string of the molecule is CC(C)(C)OC(=O)C[C@@H](C(=O)N1CCCC1C(=O)Nc1cn2cc(-c3ccccc3)sc2n1)c1ccccc1. The van der Waals surface area contributed by atoms with Gasteiger partial charge in [-0.3, -0.25) is 18.8 Å². The summed E-state index contributed by atoms with van der Waals surface area (Å²) in [6, 6.07) is 18.6. The highest BCUT2D eigenvalue weighted by molar-refractivity contribution is 7.20. The Morgan fingerprint density at radius 3 is 2.41 bits per heavy atom. The summed E-state index contributed by atoms with van der Waals surface area (Å²) in [5, 5.41) is 2.90. The van der Waals surface area contributed by atoms with Crippen molar-refractivity contribution >= 4 is 39.9 Å². The van der Waals surface area contributed by atoms with Crippen LogP contribution in [0, 0.1) is 0 Å². The lowest BCUT2D eigenvalue weighted by Gasteiger charge is -2.29. The molecule has 0 radical (unpaired) electrons. The molecule has 1 N–H and O–H groups in total. The third-order valence-corrected chi connectivity index (χ3v) is 7.64. The first-order valence-electron chi connectivity index (χ1n) is 13.1. The molecule has 1 fully saturated rings. The molecule has 2 atom stereocenters. The first-order chi connectivity index (χ1) is 18.7. The van der Waals surface area contributed by atoms with Crippen LogP contribution < -0.4 is 5.32 Å². The molecule has 1 unspecified atom stereocenters. The van der Waals surface area contributed by atoms with E-state index in [0.29, 0.717) is 25.2 Å². The lowest BCUT2D eigenvalue weighted by Crippen LogP contribution is -2.45. The number of hydrogen-bond acceptors (Lipinski definition) is 6. The minimum absolute atomic E-state index is 0.0912. The number of ether oxygens (including phenoxy) is 1. The van der Waals surface area contributed by atoms with Crippen LogP contribution in [0.4, 0.5) is 5.82 Å². The first-order valence-corrected chi connectivity index (χ1v) is 13.9. The fraction of sp³-hybridized carbons (Fsp3) is 0.333. The average molecular weight is 545 g/mol. The van der Waals surface area contributed by atoms with E-state index in [2.05, 4.69) is 10.3 Å². The molecule has 2 aromatic carbocycles. The van der Waals surface area contributed by atoms with Gasteiger partial charge in [-0.2, -0.15) is 0 Å². The van der Waals surface area contributed by atoms with Crippen molar-refractivity contribution in [2.24, 2.45) is 0 Å². The molecular weight excluding hydrogens is 512 g/mol. The number of hydrogen-bond donors (Lipinski definition) is 1. The number of benzene rings is 2. The maximum Gasteiger partial charge on any atom is 0.307 e. The molecule has 0 spiro atoms. The number of amides is 2. The van der Waals surface area contributed by atoms with E-state index in [9.17, 15) is 14.4 Å². The van der Waals surface area contributed by atoms with Gasteiger partial charge in [0, 0.05) is 12.7 Å². The second kappa shape index (κ2) is 11.0. The minimum atomic E-state index is -0.733. The van der Waals surface area contributed by atoms with Crippen molar-refractivity contribution in [1.82, 2.24) is 14.3 Å². The van der Waals surface area contributed by atoms with Crippen molar-refractivity contribution in [1.29, 1.82) is 0 Å². The summed E-state index contributed by atoms with van der Waals surface area (Å²) in [6.45, 7) is 5.85. The molecule has 39 heavy (non-hydrogen) atoms. The predicted molar refractivity (Wildman–Crippen MR) is 152 cm³/mol. The molecule has 4 aromatic rings. The number of carbonyl (C=O) groups excluding carboxylic acids is 3. The van der Waals surface area contributed by atoms with E-state index in [4.69, 9.17) is 4.74 Å². The molecule has 0 saturated carbocycles. The van der Waals surface area contributed by atoms with Crippen molar-refractivity contribution in [2.75, 3.05) is 11.9 Å². The number of rotatable bonds is 7. The molecule has 1 aliphatic heterocycles. The zero-order valence-electron chi connectivity index (χ0n) is 22.3. The van der Waals surface area contributed by atoms with Gasteiger partial charge in [-0.15, -0.1) is 0 Å². The Labute approximate surface area is 231 Å². The Balaban J connectivity index is 1.31. The van der Waals surface area contributed by atoms with Gasteiger partial charge in [-0.1, -0.05) is 72.0 Å². The van der Waals surface area contributed by atoms with E-state index in [0.717, 1.165) is 21.0 Å². The van der Waals surface area contributed by atoms with Crippen molar-refractivity contribution in [2.45, 2.75) is 57.6 Å². The Morgan fingerprint density at radius 2 is 1.74 bits per heavy atom. The van der Waals surface area contributed by atoms with E-state index in [1.54, 1.807) is 31.9 Å². The number of nitrogens with zero attached hydrogens (tertiary/aromatic N) is 3. The first kappa shape index (κ1) is 26.6. The second-order valence-corrected chi connectivity index (χ2v) is 11.7. The van der Waals surface area contributed by atoms with Crippen LogP contribution in [0.25, 0.3) is 15.4 Å². The molecule has 9 heteroatoms. The summed E-state index contributed by atoms with van der Waals surface area (Å²) < 4.78 is 7.41. The maximum absolute atomic E-state index is 13.8. The Morgan fingerprint density at radius 1 is 1.05 bits per heavy atom. The average Bonchev–Trinajstić information content (AvgIpc) is 3.62. The molecule has 2 aromatic heterocycles. The summed E-state index contributed by atoms with van der Waals surface area (Å²) in [4.78, 5) is 47.9. The summed E-state index contributed by atoms with van der Waals surface area (Å²) >= 11 is 1.54. The number of thiazole rings is 1. The molecule has 0 bridgehead atoms. The van der Waals surface area contributed by atoms with E-state index < -0.39 is 23.5 Å². The summed E-state index contributed by atoms with van der Waals surface area (Å²) in [6.07, 6.45) is 4.94. The lowest BCUT2D eigenvalue weighted by molar-refractivity contribution is -0.157. The van der Waals surface area contributed by atoms with Crippen LogP contribution in [0.15, 0.2) is 73.1 Å². The van der Waals surface area contributed by atoms with Crippen molar-refractivity contribution in [3.8, 4) is 10.4 Å². The highest BCUT2D eigenvalue weighted by Gasteiger charge is 2.39. The zero-order chi connectivity index (χ0) is 27.6. The monoisotopic (exact) mass is 544 g/mol. The van der Waals surface area contributed by atoms with Crippen LogP contribution in [0.2, 0.25) is 0 Å². The topological polar surface area (TPSA) is 93.0 Å². The van der Waals surface area contributed by atoms with E-state index in [1.807, 2.05) is 71.3 Å². The van der Waals surface area contributed by atoms with Gasteiger partial charge in [0.05, 0.1) is 23.4 Å². The zero-order valence-corrected chi connectivity index (χ0v) is 23.1. The maximum atomic E-state index is 13.8. The second-order valence-electron chi connectivity index (χ2n) is 10.7. The minimum Gasteiger partial charge on any atom is -0.460 e. The van der Waals surface area contributed by atoms with Gasteiger partial charge in [0.1, 0.15) is 11.6 Å². The summed E-state index contributed by atoms with van der Waals surface area (Å²) in [7, 11) is 0. The highest BCUT2D eigenvalue weighted by atomic mass is 32.1. The molecular formula is C30H32N4O4S. The van der Waals surface area contributed by atoms with E-state index in [-0.39, 0.29) is 18.2 Å². The summed E-state index contributed by atoms with van der Waals surface area (Å²) in [5.41, 5.74) is 1.18. The van der Waals surface area contributed by atoms with Crippen molar-refractivity contribution < 1.29 is 19.1 Å². The van der Waals surface area contributed by atoms with Crippen LogP contribution in [-0.4, -0.2) is 50.3 Å². The Kier molecular flexibility index (Phi) is 7.52. The predicted octanol–water partition coefficient (Wildman–Crippen LogP) is 5.51. The molecule has 1 aliphatic rings. The molecule has 0 aliphatic carbocycles. The smallest absolute Gasteiger partial charge is 0.307 e. The third kappa shape index (κ3) is 6.20. The number of esters is 1. The van der Waals surface area contributed by atoms with Gasteiger partial charge in [-0.25, -0.2) is 4.98 Å². The van der Waals surface area contributed by atoms with E-state index in [1.165, 1.54) is 11.3 Å². The number of carbonyl (C=O) groups is 3. The van der Waals surface area contributed by atoms with Gasteiger partial charge in [0.15, 0.2) is 10.8 Å². The standard InChI is InChI=1S/C30H32N4O4S/c1-30(2,3)38-26(35)17-22(20-11-6-4-7-12-20)28(37)34-16-10-15-23(34)27(36)31-25-19-33-18-24(39-29(33)32-25)21-13-8-5-9-14-21/h4-9,11-14,18-19,22-23H,10,15-17H2,1-3H3,(H,31,36)/t22-,23?/m1/s1. The van der Waals surface area contributed by atoms with Crippen LogP contribution >= 0.6 is 11.3 Å². The number of likely N-dealkylation sites (tertiary alicyclic amines) is 1. The fourth-order valence-electron chi connectivity index (χ4n) is 4.89. The lowest BCUT2D eigenvalue weighted by atomic mass is 9.93. The number of aromatic nitrogens is 2. The Hall–Kier alpha value is -3.98. The molecule has 202 valence electrons. The molecule has 5 rings (SSSR count). The van der Waals surface area contributed by atoms with Gasteiger partial charge >= 0.3 is 5.97 Å². The van der Waals surface area contributed by atoms with Gasteiger partial charge < -0.3 is 15.0 Å². The van der Waals surface area contributed by atoms with Crippen LogP contribution in [-0.2, 0) is 19.1 Å². The highest BCUT2D eigenvalue weighted by Crippen LogP contribution is 2.31. The van der Waals surface area contributed by atoms with Crippen LogP contribution in [0.5, 0.6) is 0 Å². The van der Waals surface area contributed by atoms with Gasteiger partial charge in [0.25, 0.3) is 0 Å². The van der Waals surface area contributed by atoms with Gasteiger partial charge in [-0.05, 0) is 44.7 Å².